The second kappa shape index (κ2) is 8.64. The van der Waals surface area contributed by atoms with Crippen LogP contribution in [0.4, 0.5) is 5.69 Å². The number of carbonyl (C=O) groups is 2. The van der Waals surface area contributed by atoms with Gasteiger partial charge in [0.15, 0.2) is 0 Å². The van der Waals surface area contributed by atoms with Gasteiger partial charge in [-0.1, -0.05) is 18.2 Å². The Hall–Kier alpha value is -2.93. The molecule has 0 saturated heterocycles. The summed E-state index contributed by atoms with van der Waals surface area (Å²) in [6, 6.07) is 7.46. The summed E-state index contributed by atoms with van der Waals surface area (Å²) in [7, 11) is 1.91. The second-order valence-corrected chi connectivity index (χ2v) is 6.77. The highest BCUT2D eigenvalue weighted by molar-refractivity contribution is 5.88. The Bertz CT molecular complexity index is 838. The molecule has 0 saturated carbocycles. The van der Waals surface area contributed by atoms with Crippen LogP contribution < -0.4 is 10.6 Å². The lowest BCUT2D eigenvalue weighted by molar-refractivity contribution is -0.122. The van der Waals surface area contributed by atoms with Crippen molar-refractivity contribution in [1.82, 2.24) is 20.0 Å². The van der Waals surface area contributed by atoms with Crippen LogP contribution in [-0.4, -0.2) is 46.1 Å². The Kier molecular flexibility index (Phi) is 6.03. The van der Waals surface area contributed by atoms with Crippen LogP contribution in [0, 0.1) is 0 Å². The Morgan fingerprint density at radius 2 is 2.00 bits per heavy atom. The zero-order valence-corrected chi connectivity index (χ0v) is 15.7. The molecule has 27 heavy (non-hydrogen) atoms. The van der Waals surface area contributed by atoms with Gasteiger partial charge < -0.3 is 10.6 Å². The summed E-state index contributed by atoms with van der Waals surface area (Å²) in [4.78, 5) is 25.4. The summed E-state index contributed by atoms with van der Waals surface area (Å²) >= 11 is 0. The molecular weight excluding hydrogens is 342 g/mol. The van der Waals surface area contributed by atoms with E-state index < -0.39 is 0 Å². The predicted molar refractivity (Wildman–Crippen MR) is 105 cm³/mol. The minimum atomic E-state index is -0.0988. The number of hydrogen-bond donors (Lipinski definition) is 2. The normalized spacial score (nSPS) is 14.5. The fourth-order valence-electron chi connectivity index (χ4n) is 3.07. The number of aryl methyl sites for hydroxylation is 1. The summed E-state index contributed by atoms with van der Waals surface area (Å²) in [6.45, 7) is 3.97. The molecule has 1 aromatic heterocycles. The first-order valence-electron chi connectivity index (χ1n) is 9.03. The smallest absolute Gasteiger partial charge is 0.234 e. The molecule has 2 amide bonds. The number of rotatable bonds is 6. The molecule has 2 aromatic rings. The Morgan fingerprint density at radius 3 is 2.59 bits per heavy atom. The van der Waals surface area contributed by atoms with Gasteiger partial charge in [0.25, 0.3) is 0 Å². The Labute approximate surface area is 159 Å². The average molecular weight is 367 g/mol. The van der Waals surface area contributed by atoms with Crippen LogP contribution in [0.2, 0.25) is 0 Å². The van der Waals surface area contributed by atoms with E-state index in [0.29, 0.717) is 13.1 Å². The van der Waals surface area contributed by atoms with Gasteiger partial charge in [0.2, 0.25) is 11.8 Å². The van der Waals surface area contributed by atoms with E-state index in [2.05, 4.69) is 26.7 Å². The van der Waals surface area contributed by atoms with Gasteiger partial charge in [-0.15, -0.1) is 0 Å². The summed E-state index contributed by atoms with van der Waals surface area (Å²) in [5, 5.41) is 9.88. The van der Waals surface area contributed by atoms with Crippen molar-refractivity contribution in [3.05, 3.63) is 53.9 Å². The van der Waals surface area contributed by atoms with Crippen LogP contribution in [0.3, 0.4) is 0 Å². The number of benzene rings is 1. The lowest BCUT2D eigenvalue weighted by Gasteiger charge is -2.25. The highest BCUT2D eigenvalue weighted by atomic mass is 16.2. The SMILES string of the molecule is CC(=O)Nc1ccc(CNC(=O)CN2CC=C(c3cnn(C)c3)CC2)cc1. The standard InChI is InChI=1S/C20H25N5O2/c1-15(26)23-19-5-3-16(4-6-19)11-21-20(27)14-25-9-7-17(8-10-25)18-12-22-24(2)13-18/h3-7,12-13H,8-11,14H2,1-2H3,(H,21,27)(H,23,26). The molecule has 0 bridgehead atoms. The Morgan fingerprint density at radius 1 is 1.22 bits per heavy atom. The maximum atomic E-state index is 12.2. The molecule has 0 aliphatic carbocycles. The summed E-state index contributed by atoms with van der Waals surface area (Å²) in [5.41, 5.74) is 4.19. The minimum absolute atomic E-state index is 0.0131. The average Bonchev–Trinajstić information content (AvgIpc) is 3.08. The maximum absolute atomic E-state index is 12.2. The second-order valence-electron chi connectivity index (χ2n) is 6.77. The molecule has 0 atom stereocenters. The molecule has 0 radical (unpaired) electrons. The molecule has 0 unspecified atom stereocenters. The van der Waals surface area contributed by atoms with Gasteiger partial charge in [-0.25, -0.2) is 0 Å². The first-order chi connectivity index (χ1) is 13.0. The first-order valence-corrected chi connectivity index (χ1v) is 9.03. The molecule has 1 aromatic carbocycles. The molecule has 0 spiro atoms. The van der Waals surface area contributed by atoms with E-state index in [4.69, 9.17) is 0 Å². The van der Waals surface area contributed by atoms with Crippen molar-refractivity contribution >= 4 is 23.1 Å². The van der Waals surface area contributed by atoms with Crippen molar-refractivity contribution < 1.29 is 9.59 Å². The van der Waals surface area contributed by atoms with Gasteiger partial charge in [0.1, 0.15) is 0 Å². The molecule has 2 heterocycles. The third-order valence-electron chi connectivity index (χ3n) is 4.50. The van der Waals surface area contributed by atoms with Crippen molar-refractivity contribution in [1.29, 1.82) is 0 Å². The van der Waals surface area contributed by atoms with Crippen LogP contribution in [0.1, 0.15) is 24.5 Å². The number of carbonyl (C=O) groups excluding carboxylic acids is 2. The van der Waals surface area contributed by atoms with E-state index in [-0.39, 0.29) is 11.8 Å². The summed E-state index contributed by atoms with van der Waals surface area (Å²) < 4.78 is 1.80. The van der Waals surface area contributed by atoms with E-state index in [1.807, 2.05) is 43.7 Å². The molecule has 1 aliphatic heterocycles. The molecule has 1 aliphatic rings. The van der Waals surface area contributed by atoms with Crippen molar-refractivity contribution in [3.8, 4) is 0 Å². The lowest BCUT2D eigenvalue weighted by atomic mass is 10.0. The van der Waals surface area contributed by atoms with Crippen LogP contribution in [0.25, 0.3) is 5.57 Å². The largest absolute Gasteiger partial charge is 0.351 e. The minimum Gasteiger partial charge on any atom is -0.351 e. The monoisotopic (exact) mass is 367 g/mol. The van der Waals surface area contributed by atoms with Gasteiger partial charge >= 0.3 is 0 Å². The van der Waals surface area contributed by atoms with E-state index in [9.17, 15) is 9.59 Å². The summed E-state index contributed by atoms with van der Waals surface area (Å²) in [6.07, 6.45) is 6.99. The highest BCUT2D eigenvalue weighted by Crippen LogP contribution is 2.21. The van der Waals surface area contributed by atoms with E-state index in [0.717, 1.165) is 36.3 Å². The van der Waals surface area contributed by atoms with Gasteiger partial charge in [-0.3, -0.25) is 19.2 Å². The fourth-order valence-corrected chi connectivity index (χ4v) is 3.07. The van der Waals surface area contributed by atoms with Crippen LogP contribution in [0.15, 0.2) is 42.7 Å². The number of nitrogens with one attached hydrogen (secondary N) is 2. The fraction of sp³-hybridized carbons (Fsp3) is 0.350. The number of anilines is 1. The highest BCUT2D eigenvalue weighted by Gasteiger charge is 2.16. The van der Waals surface area contributed by atoms with Gasteiger partial charge in [-0.05, 0) is 29.7 Å². The molecule has 2 N–H and O–H groups in total. The lowest BCUT2D eigenvalue weighted by Crippen LogP contribution is -2.39. The summed E-state index contributed by atoms with van der Waals surface area (Å²) in [5.74, 6) is -0.0857. The third kappa shape index (κ3) is 5.52. The van der Waals surface area contributed by atoms with Crippen LogP contribution >= 0.6 is 0 Å². The van der Waals surface area contributed by atoms with Crippen molar-refractivity contribution in [3.63, 3.8) is 0 Å². The molecular formula is C20H25N5O2. The number of amides is 2. The quantitative estimate of drug-likeness (QED) is 0.816. The molecule has 142 valence electrons. The zero-order valence-electron chi connectivity index (χ0n) is 15.7. The molecule has 3 rings (SSSR count). The third-order valence-corrected chi connectivity index (χ3v) is 4.50. The maximum Gasteiger partial charge on any atom is 0.234 e. The van der Waals surface area contributed by atoms with Gasteiger partial charge in [0, 0.05) is 51.1 Å². The number of hydrogen-bond acceptors (Lipinski definition) is 4. The van der Waals surface area contributed by atoms with E-state index in [1.165, 1.54) is 12.5 Å². The van der Waals surface area contributed by atoms with Gasteiger partial charge in [0.05, 0.1) is 12.7 Å². The van der Waals surface area contributed by atoms with Crippen LogP contribution in [-0.2, 0) is 23.2 Å². The zero-order chi connectivity index (χ0) is 19.2. The first kappa shape index (κ1) is 18.8. The predicted octanol–water partition coefficient (Wildman–Crippen LogP) is 1.78. The van der Waals surface area contributed by atoms with E-state index >= 15 is 0 Å². The number of nitrogens with zero attached hydrogens (tertiary/aromatic N) is 3. The molecule has 0 fully saturated rings. The Balaban J connectivity index is 1.43. The van der Waals surface area contributed by atoms with Crippen molar-refractivity contribution in [2.75, 3.05) is 25.0 Å². The van der Waals surface area contributed by atoms with Crippen molar-refractivity contribution in [2.24, 2.45) is 7.05 Å². The molecule has 7 nitrogen and oxygen atoms in total. The van der Waals surface area contributed by atoms with Crippen LogP contribution in [0.5, 0.6) is 0 Å². The number of aromatic nitrogens is 2. The van der Waals surface area contributed by atoms with Gasteiger partial charge in [-0.2, -0.15) is 5.10 Å². The topological polar surface area (TPSA) is 79.3 Å². The van der Waals surface area contributed by atoms with E-state index in [1.54, 1.807) is 4.68 Å². The molecule has 7 heteroatoms. The van der Waals surface area contributed by atoms with Crippen molar-refractivity contribution in [2.45, 2.75) is 19.9 Å².